The van der Waals surface area contributed by atoms with Crippen LogP contribution in [0.2, 0.25) is 0 Å². The van der Waals surface area contributed by atoms with Gasteiger partial charge in [0.1, 0.15) is 5.76 Å². The van der Waals surface area contributed by atoms with Crippen LogP contribution in [0.5, 0.6) is 0 Å². The minimum Gasteiger partial charge on any atom is -0.444 e. The molecule has 2 aromatic heterocycles. The Kier molecular flexibility index (Phi) is 3.38. The summed E-state index contributed by atoms with van der Waals surface area (Å²) in [7, 11) is 0. The van der Waals surface area contributed by atoms with Crippen molar-refractivity contribution in [2.45, 2.75) is 45.8 Å². The molecule has 0 amide bonds. The molecule has 0 unspecified atom stereocenters. The van der Waals surface area contributed by atoms with Crippen LogP contribution in [0.15, 0.2) is 22.9 Å². The molecule has 1 saturated heterocycles. The molecule has 102 valence electrons. The topological polar surface area (TPSA) is 47.1 Å². The van der Waals surface area contributed by atoms with Crippen LogP contribution in [0.4, 0.5) is 0 Å². The van der Waals surface area contributed by atoms with E-state index in [2.05, 4.69) is 15.0 Å². The molecule has 1 atom stereocenters. The molecule has 0 aromatic carbocycles. The van der Waals surface area contributed by atoms with Crippen LogP contribution >= 0.6 is 0 Å². The van der Waals surface area contributed by atoms with Gasteiger partial charge in [0.25, 0.3) is 0 Å². The summed E-state index contributed by atoms with van der Waals surface area (Å²) in [6.07, 6.45) is 6.32. The summed E-state index contributed by atoms with van der Waals surface area (Å²) in [5.74, 6) is 1.76. The molecule has 3 heterocycles. The highest BCUT2D eigenvalue weighted by molar-refractivity contribution is 5.05. The normalized spacial score (nSPS) is 20.2. The summed E-state index contributed by atoms with van der Waals surface area (Å²) in [6, 6.07) is 2.51. The third kappa shape index (κ3) is 2.71. The maximum atomic E-state index is 5.68. The van der Waals surface area contributed by atoms with Gasteiger partial charge in [-0.3, -0.25) is 9.58 Å². The molecule has 0 spiro atoms. The largest absolute Gasteiger partial charge is 0.444 e. The van der Waals surface area contributed by atoms with Crippen LogP contribution in [0, 0.1) is 13.8 Å². The van der Waals surface area contributed by atoms with E-state index in [1.807, 2.05) is 37.0 Å². The van der Waals surface area contributed by atoms with Crippen LogP contribution in [0.1, 0.15) is 30.2 Å². The van der Waals surface area contributed by atoms with Crippen molar-refractivity contribution in [1.82, 2.24) is 19.7 Å². The minimum atomic E-state index is 0.535. The van der Waals surface area contributed by atoms with E-state index in [0.717, 1.165) is 37.0 Å². The lowest BCUT2D eigenvalue weighted by atomic mass is 10.2. The van der Waals surface area contributed by atoms with Gasteiger partial charge in [-0.15, -0.1) is 0 Å². The van der Waals surface area contributed by atoms with E-state index < -0.39 is 0 Å². The molecular formula is C14H20N4O. The molecule has 5 heteroatoms. The quantitative estimate of drug-likeness (QED) is 0.845. The Bertz CT molecular complexity index is 512. The molecule has 0 N–H and O–H groups in total. The maximum Gasteiger partial charge on any atom is 0.208 e. The van der Waals surface area contributed by atoms with Gasteiger partial charge in [-0.1, -0.05) is 0 Å². The van der Waals surface area contributed by atoms with E-state index in [0.29, 0.717) is 6.04 Å². The van der Waals surface area contributed by atoms with Crippen LogP contribution in [-0.2, 0) is 13.1 Å². The van der Waals surface area contributed by atoms with Crippen LogP contribution in [0.3, 0.4) is 0 Å². The van der Waals surface area contributed by atoms with Crippen molar-refractivity contribution < 1.29 is 4.42 Å². The second-order valence-electron chi connectivity index (χ2n) is 5.24. The molecule has 2 aromatic rings. The highest BCUT2D eigenvalue weighted by Gasteiger charge is 2.26. The summed E-state index contributed by atoms with van der Waals surface area (Å²) in [4.78, 5) is 6.93. The fourth-order valence-electron chi connectivity index (χ4n) is 2.71. The molecular weight excluding hydrogens is 240 g/mol. The predicted molar refractivity (Wildman–Crippen MR) is 71.6 cm³/mol. The van der Waals surface area contributed by atoms with Gasteiger partial charge in [0.05, 0.1) is 18.8 Å². The lowest BCUT2D eigenvalue weighted by Crippen LogP contribution is -2.32. The molecule has 1 aliphatic heterocycles. The van der Waals surface area contributed by atoms with Gasteiger partial charge in [-0.25, -0.2) is 4.98 Å². The zero-order valence-corrected chi connectivity index (χ0v) is 11.5. The van der Waals surface area contributed by atoms with Gasteiger partial charge < -0.3 is 4.42 Å². The second-order valence-corrected chi connectivity index (χ2v) is 5.24. The van der Waals surface area contributed by atoms with Crippen molar-refractivity contribution in [1.29, 1.82) is 0 Å². The summed E-state index contributed by atoms with van der Waals surface area (Å²) in [5, 5.41) is 4.29. The predicted octanol–water partition coefficient (Wildman–Crippen LogP) is 2.15. The molecule has 0 radical (unpaired) electrons. The standard InChI is InChI=1S/C14H20N4O/c1-11-12(2)19-14(16-11)10-17-7-3-5-13(17)9-18-8-4-6-15-18/h4,6,8,13H,3,5,7,9-10H2,1-2H3/t13-/m0/s1. The zero-order valence-electron chi connectivity index (χ0n) is 11.5. The number of aryl methyl sites for hydroxylation is 2. The summed E-state index contributed by atoms with van der Waals surface area (Å²) >= 11 is 0. The van der Waals surface area contributed by atoms with E-state index in [-0.39, 0.29) is 0 Å². The summed E-state index contributed by atoms with van der Waals surface area (Å²) in [6.45, 7) is 6.84. The molecule has 19 heavy (non-hydrogen) atoms. The zero-order chi connectivity index (χ0) is 13.2. The second kappa shape index (κ2) is 5.17. The van der Waals surface area contributed by atoms with Crippen LogP contribution in [0.25, 0.3) is 0 Å². The Labute approximate surface area is 113 Å². The lowest BCUT2D eigenvalue weighted by Gasteiger charge is -2.22. The fourth-order valence-corrected chi connectivity index (χ4v) is 2.71. The Balaban J connectivity index is 1.66. The highest BCUT2D eigenvalue weighted by Crippen LogP contribution is 2.21. The number of hydrogen-bond acceptors (Lipinski definition) is 4. The van der Waals surface area contributed by atoms with Crippen LogP contribution in [-0.4, -0.2) is 32.3 Å². The number of rotatable bonds is 4. The maximum absolute atomic E-state index is 5.68. The first-order valence-corrected chi connectivity index (χ1v) is 6.87. The van der Waals surface area contributed by atoms with Crippen molar-refractivity contribution in [2.24, 2.45) is 0 Å². The first kappa shape index (κ1) is 12.4. The summed E-state index contributed by atoms with van der Waals surface area (Å²) < 4.78 is 7.69. The number of nitrogens with zero attached hydrogens (tertiary/aromatic N) is 4. The van der Waals surface area contributed by atoms with E-state index in [9.17, 15) is 0 Å². The Hall–Kier alpha value is -1.62. The summed E-state index contributed by atoms with van der Waals surface area (Å²) in [5.41, 5.74) is 0.998. The molecule has 1 aliphatic rings. The van der Waals surface area contributed by atoms with Crippen molar-refractivity contribution in [3.8, 4) is 0 Å². The Morgan fingerprint density at radius 1 is 1.42 bits per heavy atom. The Morgan fingerprint density at radius 2 is 2.32 bits per heavy atom. The van der Waals surface area contributed by atoms with E-state index in [4.69, 9.17) is 4.42 Å². The molecule has 1 fully saturated rings. The SMILES string of the molecule is Cc1nc(CN2CCC[C@H]2Cn2cccn2)oc1C. The van der Waals surface area contributed by atoms with Gasteiger partial charge in [0, 0.05) is 18.4 Å². The monoisotopic (exact) mass is 260 g/mol. The molecule has 0 bridgehead atoms. The highest BCUT2D eigenvalue weighted by atomic mass is 16.4. The number of hydrogen-bond donors (Lipinski definition) is 0. The average Bonchev–Trinajstić information content (AvgIpc) is 3.07. The van der Waals surface area contributed by atoms with E-state index in [1.54, 1.807) is 0 Å². The molecule has 0 saturated carbocycles. The van der Waals surface area contributed by atoms with E-state index in [1.165, 1.54) is 12.8 Å². The lowest BCUT2D eigenvalue weighted by molar-refractivity contribution is 0.199. The van der Waals surface area contributed by atoms with Crippen molar-refractivity contribution in [2.75, 3.05) is 6.54 Å². The average molecular weight is 260 g/mol. The van der Waals surface area contributed by atoms with E-state index >= 15 is 0 Å². The van der Waals surface area contributed by atoms with Gasteiger partial charge >= 0.3 is 0 Å². The minimum absolute atomic E-state index is 0.535. The first-order chi connectivity index (χ1) is 9.22. The number of likely N-dealkylation sites (tertiary alicyclic amines) is 1. The third-order valence-electron chi connectivity index (χ3n) is 3.87. The fraction of sp³-hybridized carbons (Fsp3) is 0.571. The third-order valence-corrected chi connectivity index (χ3v) is 3.87. The molecule has 0 aliphatic carbocycles. The number of aromatic nitrogens is 3. The van der Waals surface area contributed by atoms with Gasteiger partial charge in [-0.2, -0.15) is 5.10 Å². The van der Waals surface area contributed by atoms with Crippen molar-refractivity contribution in [3.63, 3.8) is 0 Å². The van der Waals surface area contributed by atoms with Crippen molar-refractivity contribution in [3.05, 3.63) is 35.8 Å². The van der Waals surface area contributed by atoms with Gasteiger partial charge in [0.2, 0.25) is 5.89 Å². The molecule has 3 rings (SSSR count). The van der Waals surface area contributed by atoms with Gasteiger partial charge in [-0.05, 0) is 39.3 Å². The van der Waals surface area contributed by atoms with Crippen molar-refractivity contribution >= 4 is 0 Å². The van der Waals surface area contributed by atoms with Gasteiger partial charge in [0.15, 0.2) is 0 Å². The smallest absolute Gasteiger partial charge is 0.208 e. The first-order valence-electron chi connectivity index (χ1n) is 6.87. The number of oxazole rings is 1. The Morgan fingerprint density at radius 3 is 3.00 bits per heavy atom. The molecule has 5 nitrogen and oxygen atoms in total. The van der Waals surface area contributed by atoms with Crippen LogP contribution < -0.4 is 0 Å².